The SMILES string of the molecule is CCOC(=O)N1CCN(C(=O)C(CCC(=O)OC(C)(C)C)NC(=O)c2cc(NCC(C)c3ccccc3)nc(-c3ccccc3)n2)CC1. The van der Waals surface area contributed by atoms with Crippen LogP contribution in [0.25, 0.3) is 11.4 Å². The number of piperazine rings is 1. The summed E-state index contributed by atoms with van der Waals surface area (Å²) in [5.74, 6) is -0.440. The predicted octanol–water partition coefficient (Wildman–Crippen LogP) is 4.88. The summed E-state index contributed by atoms with van der Waals surface area (Å²) < 4.78 is 10.6. The molecular weight excluding hydrogens is 612 g/mol. The van der Waals surface area contributed by atoms with Gasteiger partial charge in [0, 0.05) is 50.8 Å². The standard InChI is InChI=1S/C36H46N6O6/c1-6-47-35(46)42-21-19-41(20-22-42)34(45)28(17-18-31(43)48-36(3,4)5)39-33(44)29-23-30(37-24-25(2)26-13-9-7-10-14-26)40-32(38-29)27-15-11-8-12-16-27/h7-16,23,25,28H,6,17-22,24H2,1-5H3,(H,39,44)(H,37,38,40). The summed E-state index contributed by atoms with van der Waals surface area (Å²) in [4.78, 5) is 64.8. The summed E-state index contributed by atoms with van der Waals surface area (Å²) >= 11 is 0. The number of aromatic nitrogens is 2. The molecule has 1 aliphatic heterocycles. The first-order chi connectivity index (χ1) is 22.9. The molecule has 12 heteroatoms. The molecule has 12 nitrogen and oxygen atoms in total. The fraction of sp³-hybridized carbons (Fsp3) is 0.444. The van der Waals surface area contributed by atoms with Crippen molar-refractivity contribution in [3.8, 4) is 11.4 Å². The van der Waals surface area contributed by atoms with Crippen LogP contribution < -0.4 is 10.6 Å². The molecular formula is C36H46N6O6. The summed E-state index contributed by atoms with van der Waals surface area (Å²) in [7, 11) is 0. The van der Waals surface area contributed by atoms with Gasteiger partial charge in [-0.15, -0.1) is 0 Å². The van der Waals surface area contributed by atoms with E-state index in [4.69, 9.17) is 9.47 Å². The number of rotatable bonds is 12. The van der Waals surface area contributed by atoms with E-state index in [2.05, 4.69) is 39.7 Å². The van der Waals surface area contributed by atoms with Crippen LogP contribution in [-0.4, -0.2) is 94.6 Å². The van der Waals surface area contributed by atoms with Crippen LogP contribution in [0.4, 0.5) is 10.6 Å². The van der Waals surface area contributed by atoms with Gasteiger partial charge in [0.2, 0.25) is 5.91 Å². The van der Waals surface area contributed by atoms with Crippen LogP contribution in [0, 0.1) is 0 Å². The van der Waals surface area contributed by atoms with Crippen molar-refractivity contribution in [2.75, 3.05) is 44.6 Å². The highest BCUT2D eigenvalue weighted by Gasteiger charge is 2.32. The maximum Gasteiger partial charge on any atom is 0.409 e. The number of nitrogens with one attached hydrogen (secondary N) is 2. The van der Waals surface area contributed by atoms with Crippen LogP contribution in [-0.2, 0) is 19.1 Å². The second-order valence-corrected chi connectivity index (χ2v) is 12.7. The molecule has 2 unspecified atom stereocenters. The van der Waals surface area contributed by atoms with Crippen molar-refractivity contribution < 1.29 is 28.7 Å². The molecule has 1 aliphatic rings. The van der Waals surface area contributed by atoms with Gasteiger partial charge < -0.3 is 29.9 Å². The second-order valence-electron chi connectivity index (χ2n) is 12.7. The Kier molecular flexibility index (Phi) is 12.5. The highest BCUT2D eigenvalue weighted by molar-refractivity contribution is 5.97. The summed E-state index contributed by atoms with van der Waals surface area (Å²) in [6.45, 7) is 11.1. The van der Waals surface area contributed by atoms with Crippen molar-refractivity contribution in [3.05, 3.63) is 78.0 Å². The van der Waals surface area contributed by atoms with E-state index in [1.54, 1.807) is 43.6 Å². The monoisotopic (exact) mass is 658 g/mol. The zero-order valence-corrected chi connectivity index (χ0v) is 28.4. The third-order valence-corrected chi connectivity index (χ3v) is 7.73. The van der Waals surface area contributed by atoms with Crippen molar-refractivity contribution >= 4 is 29.7 Å². The van der Waals surface area contributed by atoms with E-state index in [0.29, 0.717) is 31.3 Å². The molecule has 1 saturated heterocycles. The first-order valence-corrected chi connectivity index (χ1v) is 16.4. The minimum Gasteiger partial charge on any atom is -0.460 e. The van der Waals surface area contributed by atoms with Gasteiger partial charge >= 0.3 is 12.1 Å². The Bertz CT molecular complexity index is 1540. The molecule has 48 heavy (non-hydrogen) atoms. The molecule has 2 atom stereocenters. The lowest BCUT2D eigenvalue weighted by atomic mass is 10.0. The minimum absolute atomic E-state index is 0.0217. The Labute approximate surface area is 282 Å². The molecule has 2 N–H and O–H groups in total. The van der Waals surface area contributed by atoms with E-state index in [9.17, 15) is 19.2 Å². The van der Waals surface area contributed by atoms with Gasteiger partial charge in [-0.3, -0.25) is 14.4 Å². The molecule has 0 radical (unpaired) electrons. The van der Waals surface area contributed by atoms with Gasteiger partial charge in [-0.25, -0.2) is 14.8 Å². The summed E-state index contributed by atoms with van der Waals surface area (Å²) in [5.41, 5.74) is 1.26. The number of esters is 1. The topological polar surface area (TPSA) is 143 Å². The Balaban J connectivity index is 1.55. The summed E-state index contributed by atoms with van der Waals surface area (Å²) in [6.07, 6.45) is -0.492. The first kappa shape index (κ1) is 35.8. The predicted molar refractivity (Wildman–Crippen MR) is 182 cm³/mol. The van der Waals surface area contributed by atoms with Crippen molar-refractivity contribution in [3.63, 3.8) is 0 Å². The van der Waals surface area contributed by atoms with Crippen molar-refractivity contribution in [1.82, 2.24) is 25.1 Å². The number of benzene rings is 2. The number of carbonyl (C=O) groups is 4. The van der Waals surface area contributed by atoms with E-state index in [0.717, 1.165) is 11.1 Å². The molecule has 0 saturated carbocycles. The maximum absolute atomic E-state index is 13.8. The molecule has 4 rings (SSSR count). The fourth-order valence-electron chi connectivity index (χ4n) is 5.22. The minimum atomic E-state index is -1.04. The van der Waals surface area contributed by atoms with Crippen LogP contribution in [0.2, 0.25) is 0 Å². The highest BCUT2D eigenvalue weighted by atomic mass is 16.6. The van der Waals surface area contributed by atoms with Gasteiger partial charge in [0.25, 0.3) is 5.91 Å². The quantitative estimate of drug-likeness (QED) is 0.260. The molecule has 0 bridgehead atoms. The Hall–Kier alpha value is -5.00. The van der Waals surface area contributed by atoms with Crippen molar-refractivity contribution in [1.29, 1.82) is 0 Å². The average molecular weight is 659 g/mol. The van der Waals surface area contributed by atoms with Gasteiger partial charge in [0.05, 0.1) is 6.61 Å². The van der Waals surface area contributed by atoms with Gasteiger partial charge in [-0.2, -0.15) is 0 Å². The van der Waals surface area contributed by atoms with E-state index in [-0.39, 0.29) is 50.1 Å². The number of carbonyl (C=O) groups excluding carboxylic acids is 4. The number of hydrogen-bond donors (Lipinski definition) is 2. The van der Waals surface area contributed by atoms with Crippen LogP contribution in [0.1, 0.15) is 69.4 Å². The van der Waals surface area contributed by atoms with Crippen molar-refractivity contribution in [2.45, 2.75) is 65.0 Å². The normalized spacial score (nSPS) is 14.4. The Morgan fingerprint density at radius 1 is 0.896 bits per heavy atom. The average Bonchev–Trinajstić information content (AvgIpc) is 3.08. The lowest BCUT2D eigenvalue weighted by molar-refractivity contribution is -0.155. The van der Waals surface area contributed by atoms with Crippen LogP contribution in [0.3, 0.4) is 0 Å². The lowest BCUT2D eigenvalue weighted by Gasteiger charge is -2.36. The third kappa shape index (κ3) is 10.5. The highest BCUT2D eigenvalue weighted by Crippen LogP contribution is 2.21. The largest absolute Gasteiger partial charge is 0.460 e. The summed E-state index contributed by atoms with van der Waals surface area (Å²) in [5, 5.41) is 6.19. The van der Waals surface area contributed by atoms with E-state index in [1.807, 2.05) is 48.5 Å². The van der Waals surface area contributed by atoms with Crippen molar-refractivity contribution in [2.24, 2.45) is 0 Å². The zero-order valence-electron chi connectivity index (χ0n) is 28.4. The molecule has 0 aliphatic carbocycles. The maximum atomic E-state index is 13.8. The van der Waals surface area contributed by atoms with Crippen LogP contribution in [0.5, 0.6) is 0 Å². The van der Waals surface area contributed by atoms with Gasteiger partial charge in [-0.1, -0.05) is 67.6 Å². The molecule has 3 amide bonds. The fourth-order valence-corrected chi connectivity index (χ4v) is 5.22. The van der Waals surface area contributed by atoms with Gasteiger partial charge in [0.1, 0.15) is 23.2 Å². The molecule has 1 fully saturated rings. The zero-order chi connectivity index (χ0) is 34.7. The molecule has 0 spiro atoms. The lowest BCUT2D eigenvalue weighted by Crippen LogP contribution is -2.56. The van der Waals surface area contributed by atoms with E-state index in [1.165, 1.54) is 0 Å². The number of amides is 3. The summed E-state index contributed by atoms with van der Waals surface area (Å²) in [6, 6.07) is 19.9. The van der Waals surface area contributed by atoms with E-state index < -0.39 is 29.6 Å². The molecule has 3 aromatic rings. The number of ether oxygens (including phenoxy) is 2. The Morgan fingerprint density at radius 2 is 1.52 bits per heavy atom. The Morgan fingerprint density at radius 3 is 2.15 bits per heavy atom. The number of hydrogen-bond acceptors (Lipinski definition) is 9. The van der Waals surface area contributed by atoms with Crippen LogP contribution >= 0.6 is 0 Å². The molecule has 1 aromatic heterocycles. The van der Waals surface area contributed by atoms with Gasteiger partial charge in [0.15, 0.2) is 5.82 Å². The molecule has 256 valence electrons. The molecule has 2 aromatic carbocycles. The first-order valence-electron chi connectivity index (χ1n) is 16.4. The van der Waals surface area contributed by atoms with E-state index >= 15 is 0 Å². The second kappa shape index (κ2) is 16.7. The van der Waals surface area contributed by atoms with Gasteiger partial charge in [-0.05, 0) is 45.6 Å². The third-order valence-electron chi connectivity index (χ3n) is 7.73. The number of anilines is 1. The smallest absolute Gasteiger partial charge is 0.409 e. The van der Waals surface area contributed by atoms with Crippen LogP contribution in [0.15, 0.2) is 66.7 Å². The number of nitrogens with zero attached hydrogens (tertiary/aromatic N) is 4. The molecule has 2 heterocycles.